The highest BCUT2D eigenvalue weighted by Gasteiger charge is 2.35. The Bertz CT molecular complexity index is 1100. The van der Waals surface area contributed by atoms with E-state index in [2.05, 4.69) is 20.5 Å². The summed E-state index contributed by atoms with van der Waals surface area (Å²) in [6.07, 6.45) is -3.08. The van der Waals surface area contributed by atoms with E-state index >= 15 is 0 Å². The van der Waals surface area contributed by atoms with Gasteiger partial charge in [0, 0.05) is 57.7 Å². The number of piperazine rings is 1. The molecule has 212 valence electrons. The highest BCUT2D eigenvalue weighted by Crippen LogP contribution is 2.29. The van der Waals surface area contributed by atoms with Crippen LogP contribution in [0.3, 0.4) is 0 Å². The number of β-amino-alcohol motifs (C(OH)–C–C–N with tert-alkyl or cyclic N) is 1. The van der Waals surface area contributed by atoms with Gasteiger partial charge in [0.05, 0.1) is 11.7 Å². The van der Waals surface area contributed by atoms with Gasteiger partial charge in [-0.1, -0.05) is 36.4 Å². The standard InChI is InChI=1S/C28H36F3N5O3/c29-28(30,31)24-10-6-9-23(19-24)27(39)32-20-26(38)33-36(16-4-5-17-36)18-15-34-11-13-35(14-12-34)21-25(37)22-7-2-1-3-8-22/h1-3,6-10,19,25,37H,4-5,11-18,20-21H2,(H-,32,33,38,39)/p+1. The number of carbonyl (C=O) groups excluding carboxylic acids is 2. The van der Waals surface area contributed by atoms with Crippen molar-refractivity contribution >= 4 is 11.8 Å². The van der Waals surface area contributed by atoms with Crippen molar-refractivity contribution in [1.29, 1.82) is 0 Å². The minimum atomic E-state index is -4.55. The smallest absolute Gasteiger partial charge is 0.387 e. The molecule has 0 bridgehead atoms. The average molecular weight is 549 g/mol. The monoisotopic (exact) mass is 548 g/mol. The van der Waals surface area contributed by atoms with Crippen LogP contribution in [0, 0.1) is 0 Å². The van der Waals surface area contributed by atoms with Gasteiger partial charge in [0.1, 0.15) is 26.2 Å². The molecule has 2 saturated heterocycles. The summed E-state index contributed by atoms with van der Waals surface area (Å²) >= 11 is 0. The van der Waals surface area contributed by atoms with E-state index in [1.54, 1.807) is 0 Å². The Labute approximate surface area is 226 Å². The normalized spacial score (nSPS) is 19.0. The number of likely N-dealkylation sites (tertiary alicyclic amines) is 1. The number of halogens is 3. The topological polar surface area (TPSA) is 84.9 Å². The lowest BCUT2D eigenvalue weighted by molar-refractivity contribution is -0.950. The molecule has 11 heteroatoms. The number of nitrogens with one attached hydrogen (secondary N) is 2. The Hall–Kier alpha value is -2.99. The molecule has 0 aliphatic carbocycles. The zero-order chi connectivity index (χ0) is 27.9. The van der Waals surface area contributed by atoms with Crippen molar-refractivity contribution in [2.75, 3.05) is 65.4 Å². The van der Waals surface area contributed by atoms with Gasteiger partial charge in [0.15, 0.2) is 0 Å². The highest BCUT2D eigenvalue weighted by molar-refractivity contribution is 5.96. The summed E-state index contributed by atoms with van der Waals surface area (Å²) in [6.45, 7) is 6.91. The van der Waals surface area contributed by atoms with Crippen LogP contribution in [0.25, 0.3) is 0 Å². The molecule has 4 rings (SSSR count). The van der Waals surface area contributed by atoms with Crippen molar-refractivity contribution in [3.8, 4) is 0 Å². The molecule has 2 heterocycles. The number of benzene rings is 2. The Morgan fingerprint density at radius 2 is 1.62 bits per heavy atom. The van der Waals surface area contributed by atoms with Crippen LogP contribution in [0.4, 0.5) is 13.2 Å². The van der Waals surface area contributed by atoms with E-state index in [4.69, 9.17) is 0 Å². The Morgan fingerprint density at radius 1 is 0.949 bits per heavy atom. The fourth-order valence-corrected chi connectivity index (χ4v) is 5.29. The number of hydrogen-bond donors (Lipinski definition) is 3. The number of amides is 2. The van der Waals surface area contributed by atoms with Gasteiger partial charge in [-0.25, -0.2) is 10.0 Å². The molecule has 3 N–H and O–H groups in total. The average Bonchev–Trinajstić information content (AvgIpc) is 3.40. The van der Waals surface area contributed by atoms with Gasteiger partial charge in [-0.3, -0.25) is 19.4 Å². The van der Waals surface area contributed by atoms with Crippen LogP contribution in [-0.4, -0.2) is 96.8 Å². The number of quaternary nitrogens is 1. The number of carbonyl (C=O) groups is 2. The summed E-state index contributed by atoms with van der Waals surface area (Å²) in [6, 6.07) is 13.8. The molecule has 2 aliphatic heterocycles. The summed E-state index contributed by atoms with van der Waals surface area (Å²) in [5, 5.41) is 13.0. The van der Waals surface area contributed by atoms with Crippen LogP contribution < -0.4 is 10.7 Å². The fourth-order valence-electron chi connectivity index (χ4n) is 5.29. The second kappa shape index (κ2) is 12.9. The summed E-state index contributed by atoms with van der Waals surface area (Å²) in [5.74, 6) is -1.09. The van der Waals surface area contributed by atoms with Gasteiger partial charge in [0.25, 0.3) is 11.8 Å². The Kier molecular flexibility index (Phi) is 9.60. The number of rotatable bonds is 10. The molecule has 2 aromatic rings. The van der Waals surface area contributed by atoms with E-state index in [0.717, 1.165) is 82.9 Å². The van der Waals surface area contributed by atoms with E-state index in [-0.39, 0.29) is 18.0 Å². The van der Waals surface area contributed by atoms with Crippen LogP contribution in [0.15, 0.2) is 54.6 Å². The van der Waals surface area contributed by atoms with Crippen molar-refractivity contribution in [1.82, 2.24) is 20.5 Å². The number of aliphatic hydroxyl groups is 1. The maximum Gasteiger partial charge on any atom is 0.416 e. The molecule has 0 spiro atoms. The lowest BCUT2D eigenvalue weighted by Crippen LogP contribution is -2.62. The zero-order valence-corrected chi connectivity index (χ0v) is 22.0. The van der Waals surface area contributed by atoms with Crippen molar-refractivity contribution < 1.29 is 32.5 Å². The lowest BCUT2D eigenvalue weighted by atomic mass is 10.1. The molecule has 2 fully saturated rings. The predicted octanol–water partition coefficient (Wildman–Crippen LogP) is 2.43. The van der Waals surface area contributed by atoms with Crippen molar-refractivity contribution in [3.63, 3.8) is 0 Å². The second-order valence-corrected chi connectivity index (χ2v) is 10.4. The van der Waals surface area contributed by atoms with Gasteiger partial charge in [-0.05, 0) is 23.8 Å². The molecular weight excluding hydrogens is 511 g/mol. The van der Waals surface area contributed by atoms with Gasteiger partial charge in [-0.15, -0.1) is 0 Å². The number of nitrogens with zero attached hydrogens (tertiary/aromatic N) is 3. The lowest BCUT2D eigenvalue weighted by Gasteiger charge is -2.38. The number of hydrogen-bond acceptors (Lipinski definition) is 5. The molecule has 8 nitrogen and oxygen atoms in total. The molecule has 0 radical (unpaired) electrons. The third kappa shape index (κ3) is 8.25. The Morgan fingerprint density at radius 3 is 2.28 bits per heavy atom. The number of aliphatic hydroxyl groups excluding tert-OH is 1. The summed E-state index contributed by atoms with van der Waals surface area (Å²) in [4.78, 5) is 29.7. The summed E-state index contributed by atoms with van der Waals surface area (Å²) in [5.41, 5.74) is 2.93. The van der Waals surface area contributed by atoms with Crippen LogP contribution in [0.1, 0.15) is 40.4 Å². The molecule has 0 aromatic heterocycles. The molecule has 39 heavy (non-hydrogen) atoms. The molecular formula is C28H37F3N5O3+. The summed E-state index contributed by atoms with van der Waals surface area (Å²) in [7, 11) is 0. The third-order valence-electron chi connectivity index (χ3n) is 7.57. The van der Waals surface area contributed by atoms with Gasteiger partial charge < -0.3 is 10.4 Å². The first-order valence-electron chi connectivity index (χ1n) is 13.4. The summed E-state index contributed by atoms with van der Waals surface area (Å²) < 4.78 is 39.3. The third-order valence-corrected chi connectivity index (χ3v) is 7.57. The zero-order valence-electron chi connectivity index (χ0n) is 22.0. The van der Waals surface area contributed by atoms with Crippen LogP contribution in [0.5, 0.6) is 0 Å². The van der Waals surface area contributed by atoms with Crippen molar-refractivity contribution in [3.05, 3.63) is 71.3 Å². The van der Waals surface area contributed by atoms with Gasteiger partial charge in [0.2, 0.25) is 0 Å². The van der Waals surface area contributed by atoms with Gasteiger partial charge in [-0.2, -0.15) is 13.2 Å². The largest absolute Gasteiger partial charge is 0.416 e. The van der Waals surface area contributed by atoms with E-state index in [1.807, 2.05) is 30.3 Å². The quantitative estimate of drug-likeness (QED) is 0.398. The van der Waals surface area contributed by atoms with E-state index in [0.29, 0.717) is 11.1 Å². The molecule has 1 unspecified atom stereocenters. The maximum atomic E-state index is 12.9. The van der Waals surface area contributed by atoms with Crippen LogP contribution in [-0.2, 0) is 11.0 Å². The number of alkyl halides is 3. The first-order chi connectivity index (χ1) is 18.6. The highest BCUT2D eigenvalue weighted by atomic mass is 19.4. The van der Waals surface area contributed by atoms with Crippen LogP contribution >= 0.6 is 0 Å². The molecule has 2 amide bonds. The minimum Gasteiger partial charge on any atom is -0.387 e. The fraction of sp³-hybridized carbons (Fsp3) is 0.500. The van der Waals surface area contributed by atoms with Crippen LogP contribution in [0.2, 0.25) is 0 Å². The minimum absolute atomic E-state index is 0.141. The predicted molar refractivity (Wildman–Crippen MR) is 140 cm³/mol. The van der Waals surface area contributed by atoms with Gasteiger partial charge >= 0.3 is 6.18 Å². The molecule has 2 aliphatic rings. The van der Waals surface area contributed by atoms with E-state index < -0.39 is 23.8 Å². The Balaban J connectivity index is 1.21. The maximum absolute atomic E-state index is 12.9. The second-order valence-electron chi connectivity index (χ2n) is 10.4. The SMILES string of the molecule is O=C(CNC(=O)c1cccc(C(F)(F)F)c1)N[N+]1(CCN2CCN(CC(O)c3ccccc3)CC2)CCCC1. The van der Waals surface area contributed by atoms with Crippen molar-refractivity contribution in [2.24, 2.45) is 0 Å². The molecule has 0 saturated carbocycles. The molecule has 1 atom stereocenters. The van der Waals surface area contributed by atoms with E-state index in [1.165, 1.54) is 12.1 Å². The van der Waals surface area contributed by atoms with E-state index in [9.17, 15) is 27.9 Å². The van der Waals surface area contributed by atoms with Crippen molar-refractivity contribution in [2.45, 2.75) is 25.1 Å². The first kappa shape index (κ1) is 29.0. The first-order valence-corrected chi connectivity index (χ1v) is 13.4. The molecule has 2 aromatic carbocycles.